The van der Waals surface area contributed by atoms with Gasteiger partial charge in [-0.15, -0.1) is 10.2 Å². The largest absolute Gasteiger partial charge is 0.497 e. The summed E-state index contributed by atoms with van der Waals surface area (Å²) in [6, 6.07) is 12.8. The van der Waals surface area contributed by atoms with E-state index >= 15 is 0 Å². The predicted molar refractivity (Wildman–Crippen MR) is 122 cm³/mol. The molecule has 2 amide bonds. The summed E-state index contributed by atoms with van der Waals surface area (Å²) in [5.74, 6) is 0.573. The van der Waals surface area contributed by atoms with Crippen LogP contribution in [-0.4, -0.2) is 50.9 Å². The van der Waals surface area contributed by atoms with Crippen LogP contribution in [0.15, 0.2) is 47.6 Å². The molecule has 32 heavy (non-hydrogen) atoms. The van der Waals surface area contributed by atoms with Crippen molar-refractivity contribution in [1.82, 2.24) is 25.5 Å². The Hall–Kier alpha value is -3.66. The summed E-state index contributed by atoms with van der Waals surface area (Å²) in [7, 11) is 1.61. The molecule has 4 aromatic rings. The van der Waals surface area contributed by atoms with Crippen LogP contribution in [0, 0.1) is 0 Å². The normalized spacial score (nSPS) is 13.3. The standard InChI is InChI=1S/C22H20N6O3S/c1-31-15-8-9-17-16(10-15)19-20(25-17)26-22(28-27-19)32-11-18(29)23-13-4-2-12(3-5-13)21(30)24-14-6-7-14/h2-5,8-10,14H,6-7,11H2,1H3,(H,23,29)(H,24,30)(H,25,26,28). The second-order valence-electron chi connectivity index (χ2n) is 7.49. The Labute approximate surface area is 187 Å². The van der Waals surface area contributed by atoms with Crippen LogP contribution in [0.25, 0.3) is 22.1 Å². The van der Waals surface area contributed by atoms with Crippen molar-refractivity contribution in [2.24, 2.45) is 0 Å². The van der Waals surface area contributed by atoms with E-state index in [0.29, 0.717) is 33.6 Å². The van der Waals surface area contributed by atoms with E-state index in [1.807, 2.05) is 18.2 Å². The predicted octanol–water partition coefficient (Wildman–Crippen LogP) is 3.14. The number of thioether (sulfide) groups is 1. The van der Waals surface area contributed by atoms with E-state index in [0.717, 1.165) is 29.5 Å². The molecule has 0 bridgehead atoms. The third-order valence-electron chi connectivity index (χ3n) is 5.08. The summed E-state index contributed by atoms with van der Waals surface area (Å²) in [6.45, 7) is 0. The molecule has 2 heterocycles. The number of amides is 2. The fourth-order valence-corrected chi connectivity index (χ4v) is 3.84. The molecule has 1 aliphatic rings. The average Bonchev–Trinajstić information content (AvgIpc) is 3.55. The lowest BCUT2D eigenvalue weighted by Gasteiger charge is -2.07. The second kappa shape index (κ2) is 8.46. The number of benzene rings is 2. The zero-order valence-electron chi connectivity index (χ0n) is 17.2. The summed E-state index contributed by atoms with van der Waals surface area (Å²) >= 11 is 1.20. The minimum Gasteiger partial charge on any atom is -0.497 e. The monoisotopic (exact) mass is 448 g/mol. The minimum absolute atomic E-state index is 0.0867. The Morgan fingerprint density at radius 1 is 1.16 bits per heavy atom. The summed E-state index contributed by atoms with van der Waals surface area (Å²) < 4.78 is 5.26. The Kier molecular flexibility index (Phi) is 5.36. The van der Waals surface area contributed by atoms with Gasteiger partial charge in [0.2, 0.25) is 11.1 Å². The van der Waals surface area contributed by atoms with Crippen LogP contribution >= 0.6 is 11.8 Å². The molecule has 1 fully saturated rings. The number of hydrogen-bond donors (Lipinski definition) is 3. The summed E-state index contributed by atoms with van der Waals surface area (Å²) in [6.07, 6.45) is 2.08. The first-order valence-electron chi connectivity index (χ1n) is 10.1. The quantitative estimate of drug-likeness (QED) is 0.371. The lowest BCUT2D eigenvalue weighted by molar-refractivity contribution is -0.113. The smallest absolute Gasteiger partial charge is 0.251 e. The number of aromatic amines is 1. The van der Waals surface area contributed by atoms with E-state index in [2.05, 4.69) is 30.8 Å². The van der Waals surface area contributed by atoms with Crippen molar-refractivity contribution in [2.75, 3.05) is 18.2 Å². The van der Waals surface area contributed by atoms with Gasteiger partial charge < -0.3 is 20.4 Å². The molecule has 0 spiro atoms. The van der Waals surface area contributed by atoms with Gasteiger partial charge in [0.25, 0.3) is 5.91 Å². The van der Waals surface area contributed by atoms with Crippen molar-refractivity contribution in [2.45, 2.75) is 24.0 Å². The van der Waals surface area contributed by atoms with Gasteiger partial charge in [0.05, 0.1) is 12.9 Å². The van der Waals surface area contributed by atoms with Crippen LogP contribution in [-0.2, 0) is 4.79 Å². The first-order chi connectivity index (χ1) is 15.6. The van der Waals surface area contributed by atoms with Crippen LogP contribution < -0.4 is 15.4 Å². The van der Waals surface area contributed by atoms with Crippen LogP contribution in [0.4, 0.5) is 5.69 Å². The van der Waals surface area contributed by atoms with Gasteiger partial charge in [0.1, 0.15) is 11.3 Å². The van der Waals surface area contributed by atoms with Gasteiger partial charge in [-0.3, -0.25) is 9.59 Å². The molecule has 0 aliphatic heterocycles. The third-order valence-corrected chi connectivity index (χ3v) is 5.92. The molecule has 3 N–H and O–H groups in total. The zero-order chi connectivity index (χ0) is 22.1. The third kappa shape index (κ3) is 4.35. The average molecular weight is 449 g/mol. The van der Waals surface area contributed by atoms with Crippen molar-refractivity contribution in [3.8, 4) is 5.75 Å². The highest BCUT2D eigenvalue weighted by Crippen LogP contribution is 2.27. The van der Waals surface area contributed by atoms with Crippen LogP contribution in [0.5, 0.6) is 5.75 Å². The first kappa shape index (κ1) is 20.3. The molecule has 10 heteroatoms. The van der Waals surface area contributed by atoms with Crippen LogP contribution in [0.1, 0.15) is 23.2 Å². The topological polar surface area (TPSA) is 122 Å². The number of ether oxygens (including phenoxy) is 1. The number of nitrogens with zero attached hydrogens (tertiary/aromatic N) is 3. The van der Waals surface area contributed by atoms with Gasteiger partial charge >= 0.3 is 0 Å². The van der Waals surface area contributed by atoms with E-state index < -0.39 is 0 Å². The van der Waals surface area contributed by atoms with Crippen molar-refractivity contribution >= 4 is 51.3 Å². The maximum Gasteiger partial charge on any atom is 0.251 e. The number of hydrogen-bond acceptors (Lipinski definition) is 7. The van der Waals surface area contributed by atoms with Crippen molar-refractivity contribution in [3.05, 3.63) is 48.0 Å². The molecule has 2 aromatic carbocycles. The molecule has 5 rings (SSSR count). The lowest BCUT2D eigenvalue weighted by atomic mass is 10.2. The number of aromatic nitrogens is 4. The Morgan fingerprint density at radius 2 is 1.97 bits per heavy atom. The molecule has 1 aliphatic carbocycles. The number of anilines is 1. The summed E-state index contributed by atoms with van der Waals surface area (Å²) in [4.78, 5) is 32.1. The second-order valence-corrected chi connectivity index (χ2v) is 8.43. The van der Waals surface area contributed by atoms with Gasteiger partial charge in [0, 0.05) is 28.2 Å². The Balaban J connectivity index is 1.20. The number of fused-ring (bicyclic) bond motifs is 3. The van der Waals surface area contributed by atoms with E-state index in [9.17, 15) is 9.59 Å². The molecule has 0 unspecified atom stereocenters. The van der Waals surface area contributed by atoms with Gasteiger partial charge in [-0.25, -0.2) is 4.98 Å². The summed E-state index contributed by atoms with van der Waals surface area (Å²) in [5, 5.41) is 15.4. The number of carbonyl (C=O) groups is 2. The van der Waals surface area contributed by atoms with Gasteiger partial charge in [0.15, 0.2) is 5.65 Å². The zero-order valence-corrected chi connectivity index (χ0v) is 18.0. The SMILES string of the molecule is COc1ccc2[nH]c3nc(SCC(=O)Nc4ccc(C(=O)NC5CC5)cc4)nnc3c2c1. The molecule has 0 radical (unpaired) electrons. The maximum absolute atomic E-state index is 12.3. The molecule has 2 aromatic heterocycles. The van der Waals surface area contributed by atoms with Crippen LogP contribution in [0.3, 0.4) is 0 Å². The fourth-order valence-electron chi connectivity index (χ4n) is 3.25. The lowest BCUT2D eigenvalue weighted by Crippen LogP contribution is -2.25. The molecule has 0 atom stereocenters. The first-order valence-corrected chi connectivity index (χ1v) is 11.1. The van der Waals surface area contributed by atoms with Crippen molar-refractivity contribution < 1.29 is 14.3 Å². The van der Waals surface area contributed by atoms with Gasteiger partial charge in [-0.2, -0.15) is 0 Å². The molecule has 0 saturated heterocycles. The van der Waals surface area contributed by atoms with Crippen molar-refractivity contribution in [1.29, 1.82) is 0 Å². The highest BCUT2D eigenvalue weighted by Gasteiger charge is 2.23. The van der Waals surface area contributed by atoms with Crippen molar-refractivity contribution in [3.63, 3.8) is 0 Å². The number of carbonyl (C=O) groups excluding carboxylic acids is 2. The fraction of sp³-hybridized carbons (Fsp3) is 0.227. The van der Waals surface area contributed by atoms with E-state index in [4.69, 9.17) is 4.74 Å². The van der Waals surface area contributed by atoms with Crippen LogP contribution in [0.2, 0.25) is 0 Å². The number of H-pyrrole nitrogens is 1. The highest BCUT2D eigenvalue weighted by atomic mass is 32.2. The maximum atomic E-state index is 12.3. The van der Waals surface area contributed by atoms with E-state index in [1.54, 1.807) is 31.4 Å². The molecule has 1 saturated carbocycles. The van der Waals surface area contributed by atoms with E-state index in [-0.39, 0.29) is 17.6 Å². The molecule has 162 valence electrons. The Bertz CT molecular complexity index is 1320. The Morgan fingerprint density at radius 3 is 2.72 bits per heavy atom. The summed E-state index contributed by atoms with van der Waals surface area (Å²) in [5.41, 5.74) is 3.34. The number of nitrogens with one attached hydrogen (secondary N) is 3. The van der Waals surface area contributed by atoms with Gasteiger partial charge in [-0.1, -0.05) is 11.8 Å². The molecular weight excluding hydrogens is 428 g/mol. The highest BCUT2D eigenvalue weighted by molar-refractivity contribution is 7.99. The van der Waals surface area contributed by atoms with Gasteiger partial charge in [-0.05, 0) is 55.3 Å². The minimum atomic E-state index is -0.199. The van der Waals surface area contributed by atoms with E-state index in [1.165, 1.54) is 11.8 Å². The number of rotatable bonds is 7. The number of methoxy groups -OCH3 is 1. The molecule has 9 nitrogen and oxygen atoms in total. The molecular formula is C22H20N6O3S.